The highest BCUT2D eigenvalue weighted by Gasteiger charge is 2.28. The molecule has 0 aromatic carbocycles. The third kappa shape index (κ3) is 1.96. The highest BCUT2D eigenvalue weighted by atomic mass is 15.4. The van der Waals surface area contributed by atoms with E-state index in [0.717, 1.165) is 56.9 Å². The number of rotatable bonds is 2. The van der Waals surface area contributed by atoms with Gasteiger partial charge in [-0.15, -0.1) is 5.10 Å². The molecule has 2 aliphatic rings. The van der Waals surface area contributed by atoms with Crippen molar-refractivity contribution in [2.45, 2.75) is 13.0 Å². The first-order valence-corrected chi connectivity index (χ1v) is 7.33. The fraction of sp³-hybridized carbons (Fsp3) is 0.571. The second kappa shape index (κ2) is 4.71. The predicted octanol–water partition coefficient (Wildman–Crippen LogP) is 0.132. The van der Waals surface area contributed by atoms with Gasteiger partial charge in [-0.1, -0.05) is 6.07 Å². The van der Waals surface area contributed by atoms with Crippen LogP contribution in [-0.2, 0) is 0 Å². The summed E-state index contributed by atoms with van der Waals surface area (Å²) in [4.78, 5) is 9.56. The maximum atomic E-state index is 4.69. The van der Waals surface area contributed by atoms with Crippen molar-refractivity contribution in [3.05, 3.63) is 23.9 Å². The van der Waals surface area contributed by atoms with E-state index in [4.69, 9.17) is 0 Å². The Morgan fingerprint density at radius 1 is 1.20 bits per heavy atom. The number of piperazine rings is 1. The minimum atomic E-state index is 0.744. The minimum absolute atomic E-state index is 0.744. The number of nitrogens with one attached hydrogen (secondary N) is 1. The third-order valence-electron chi connectivity index (χ3n) is 4.42. The first-order chi connectivity index (χ1) is 9.81. The van der Waals surface area contributed by atoms with Gasteiger partial charge in [0, 0.05) is 51.5 Å². The molecule has 20 heavy (non-hydrogen) atoms. The summed E-state index contributed by atoms with van der Waals surface area (Å²) in [5.74, 6) is 0.866. The summed E-state index contributed by atoms with van der Waals surface area (Å²) < 4.78 is 1.88. The molecule has 0 amide bonds. The summed E-state index contributed by atoms with van der Waals surface area (Å²) >= 11 is 0. The molecule has 0 bridgehead atoms. The Morgan fingerprint density at radius 3 is 2.65 bits per heavy atom. The van der Waals surface area contributed by atoms with Crippen LogP contribution in [0, 0.1) is 6.92 Å². The van der Waals surface area contributed by atoms with Gasteiger partial charge in [0.05, 0.1) is 0 Å². The topological polar surface area (TPSA) is 48.7 Å². The zero-order valence-corrected chi connectivity index (χ0v) is 11.8. The van der Waals surface area contributed by atoms with E-state index in [2.05, 4.69) is 38.2 Å². The number of hydrogen-bond acceptors (Lipinski definition) is 5. The van der Waals surface area contributed by atoms with Gasteiger partial charge in [-0.3, -0.25) is 4.90 Å². The van der Waals surface area contributed by atoms with E-state index in [0.29, 0.717) is 0 Å². The number of fused-ring (bicyclic) bond motifs is 1. The van der Waals surface area contributed by atoms with Crippen molar-refractivity contribution < 1.29 is 0 Å². The van der Waals surface area contributed by atoms with Gasteiger partial charge >= 0.3 is 0 Å². The molecule has 2 aliphatic heterocycles. The molecule has 4 rings (SSSR count). The Morgan fingerprint density at radius 2 is 2.00 bits per heavy atom. The van der Waals surface area contributed by atoms with E-state index in [9.17, 15) is 0 Å². The average molecular weight is 272 g/mol. The molecule has 6 heteroatoms. The Balaban J connectivity index is 1.51. The van der Waals surface area contributed by atoms with Crippen molar-refractivity contribution in [3.63, 3.8) is 0 Å². The average Bonchev–Trinajstić information content (AvgIpc) is 2.83. The van der Waals surface area contributed by atoms with E-state index in [1.807, 2.05) is 16.8 Å². The molecule has 2 aromatic rings. The van der Waals surface area contributed by atoms with E-state index in [-0.39, 0.29) is 0 Å². The van der Waals surface area contributed by atoms with Crippen molar-refractivity contribution in [2.75, 3.05) is 44.2 Å². The van der Waals surface area contributed by atoms with E-state index in [1.165, 1.54) is 5.56 Å². The fourth-order valence-corrected chi connectivity index (χ4v) is 2.98. The SMILES string of the molecule is Cc1cccn2nc(N3CCN(C4CNC4)CC3)nc12. The normalized spacial score (nSPS) is 21.4. The van der Waals surface area contributed by atoms with Crippen molar-refractivity contribution in [2.24, 2.45) is 0 Å². The van der Waals surface area contributed by atoms with Gasteiger partial charge in [-0.2, -0.15) is 4.98 Å². The summed E-state index contributed by atoms with van der Waals surface area (Å²) in [5, 5.41) is 7.94. The van der Waals surface area contributed by atoms with Gasteiger partial charge in [-0.05, 0) is 18.6 Å². The summed E-state index contributed by atoms with van der Waals surface area (Å²) in [7, 11) is 0. The lowest BCUT2D eigenvalue weighted by Crippen LogP contribution is -2.61. The van der Waals surface area contributed by atoms with Crippen molar-refractivity contribution in [1.29, 1.82) is 0 Å². The van der Waals surface area contributed by atoms with Gasteiger partial charge in [0.25, 0.3) is 0 Å². The van der Waals surface area contributed by atoms with Crippen LogP contribution in [0.4, 0.5) is 5.95 Å². The Bertz CT molecular complexity index is 609. The molecule has 2 saturated heterocycles. The van der Waals surface area contributed by atoms with Gasteiger partial charge in [0.15, 0.2) is 5.65 Å². The van der Waals surface area contributed by atoms with Crippen LogP contribution in [0.3, 0.4) is 0 Å². The molecule has 2 fully saturated rings. The minimum Gasteiger partial charge on any atom is -0.337 e. The van der Waals surface area contributed by atoms with Crippen molar-refractivity contribution >= 4 is 11.6 Å². The fourth-order valence-electron chi connectivity index (χ4n) is 2.98. The summed E-state index contributed by atoms with van der Waals surface area (Å²) in [5.41, 5.74) is 2.14. The Kier molecular flexibility index (Phi) is 2.85. The molecule has 0 atom stereocenters. The highest BCUT2D eigenvalue weighted by molar-refractivity contribution is 5.50. The highest BCUT2D eigenvalue weighted by Crippen LogP contribution is 2.17. The van der Waals surface area contributed by atoms with Crippen molar-refractivity contribution in [3.8, 4) is 0 Å². The van der Waals surface area contributed by atoms with E-state index in [1.54, 1.807) is 0 Å². The molecule has 4 heterocycles. The lowest BCUT2D eigenvalue weighted by Gasteiger charge is -2.43. The largest absolute Gasteiger partial charge is 0.337 e. The van der Waals surface area contributed by atoms with Gasteiger partial charge in [0.1, 0.15) is 0 Å². The molecule has 0 aliphatic carbocycles. The summed E-state index contributed by atoms with van der Waals surface area (Å²) in [6.45, 7) is 8.63. The summed E-state index contributed by atoms with van der Waals surface area (Å²) in [6.07, 6.45) is 1.97. The maximum absolute atomic E-state index is 4.69. The number of hydrogen-bond donors (Lipinski definition) is 1. The first-order valence-electron chi connectivity index (χ1n) is 7.33. The number of anilines is 1. The summed E-state index contributed by atoms with van der Waals surface area (Å²) in [6, 6.07) is 4.84. The van der Waals surface area contributed by atoms with Crippen LogP contribution in [0.25, 0.3) is 5.65 Å². The Hall–Kier alpha value is -1.66. The van der Waals surface area contributed by atoms with Crippen LogP contribution in [0.5, 0.6) is 0 Å². The molecule has 106 valence electrons. The molecule has 1 N–H and O–H groups in total. The molecule has 2 aromatic heterocycles. The Labute approximate surface area is 118 Å². The molecule has 0 saturated carbocycles. The first kappa shape index (κ1) is 12.1. The van der Waals surface area contributed by atoms with Crippen LogP contribution in [0.2, 0.25) is 0 Å². The number of pyridine rings is 1. The zero-order valence-electron chi connectivity index (χ0n) is 11.8. The van der Waals surface area contributed by atoms with Crippen LogP contribution < -0.4 is 10.2 Å². The quantitative estimate of drug-likeness (QED) is 0.842. The van der Waals surface area contributed by atoms with E-state index < -0.39 is 0 Å². The van der Waals surface area contributed by atoms with Gasteiger partial charge < -0.3 is 10.2 Å². The number of aryl methyl sites for hydroxylation is 1. The van der Waals surface area contributed by atoms with Crippen LogP contribution in [-0.4, -0.2) is 64.8 Å². The van der Waals surface area contributed by atoms with Crippen LogP contribution >= 0.6 is 0 Å². The molecule has 0 radical (unpaired) electrons. The van der Waals surface area contributed by atoms with Crippen molar-refractivity contribution in [1.82, 2.24) is 24.8 Å². The predicted molar refractivity (Wildman–Crippen MR) is 78.2 cm³/mol. The molecule has 6 nitrogen and oxygen atoms in total. The molecule has 0 unspecified atom stereocenters. The van der Waals surface area contributed by atoms with Gasteiger partial charge in [-0.25, -0.2) is 4.52 Å². The maximum Gasteiger partial charge on any atom is 0.245 e. The molecular weight excluding hydrogens is 252 g/mol. The van der Waals surface area contributed by atoms with Crippen LogP contribution in [0.15, 0.2) is 18.3 Å². The smallest absolute Gasteiger partial charge is 0.245 e. The number of aromatic nitrogens is 3. The third-order valence-corrected chi connectivity index (χ3v) is 4.42. The standard InChI is InChI=1S/C14H20N6/c1-11-3-2-4-20-13(11)16-14(17-20)19-7-5-18(6-8-19)12-9-15-10-12/h2-4,12,15H,5-10H2,1H3. The number of nitrogens with zero attached hydrogens (tertiary/aromatic N) is 5. The monoisotopic (exact) mass is 272 g/mol. The second-order valence-corrected chi connectivity index (χ2v) is 5.71. The van der Waals surface area contributed by atoms with E-state index >= 15 is 0 Å². The van der Waals surface area contributed by atoms with Crippen LogP contribution in [0.1, 0.15) is 5.56 Å². The zero-order chi connectivity index (χ0) is 13.5. The second-order valence-electron chi connectivity index (χ2n) is 5.71. The molecule has 0 spiro atoms. The lowest BCUT2D eigenvalue weighted by atomic mass is 10.1. The van der Waals surface area contributed by atoms with Gasteiger partial charge in [0.2, 0.25) is 5.95 Å². The molecular formula is C14H20N6. The lowest BCUT2D eigenvalue weighted by molar-refractivity contribution is 0.137.